The normalized spacial score (nSPS) is 12.1. The Bertz CT molecular complexity index is 760. The van der Waals surface area contributed by atoms with Crippen molar-refractivity contribution in [3.8, 4) is 11.5 Å². The van der Waals surface area contributed by atoms with Crippen LogP contribution in [-0.2, 0) is 6.54 Å². The molecule has 0 saturated carbocycles. The minimum absolute atomic E-state index is 0.0535. The molecule has 0 fully saturated rings. The highest BCUT2D eigenvalue weighted by atomic mass is 16.7. The Hall–Kier alpha value is -2.83. The Morgan fingerprint density at radius 3 is 2.65 bits per heavy atom. The van der Waals surface area contributed by atoms with E-state index in [0.29, 0.717) is 18.1 Å². The van der Waals surface area contributed by atoms with Crippen LogP contribution in [0.3, 0.4) is 0 Å². The third kappa shape index (κ3) is 4.22. The van der Waals surface area contributed by atoms with Crippen molar-refractivity contribution in [1.29, 1.82) is 0 Å². The number of hydrogen-bond acceptors (Lipinski definition) is 6. The zero-order valence-electron chi connectivity index (χ0n) is 15.2. The van der Waals surface area contributed by atoms with Crippen LogP contribution in [0.4, 0.5) is 5.82 Å². The van der Waals surface area contributed by atoms with E-state index in [4.69, 9.17) is 9.47 Å². The number of nitrogens with zero attached hydrogens (tertiary/aromatic N) is 3. The molecule has 1 aromatic carbocycles. The molecule has 7 nitrogen and oxygen atoms in total. The third-order valence-electron chi connectivity index (χ3n) is 4.07. The van der Waals surface area contributed by atoms with Gasteiger partial charge in [-0.25, -0.2) is 9.97 Å². The Balaban J connectivity index is 1.66. The first-order valence-electron chi connectivity index (χ1n) is 8.95. The summed E-state index contributed by atoms with van der Waals surface area (Å²) < 4.78 is 10.7. The predicted octanol–water partition coefficient (Wildman–Crippen LogP) is 3.08. The number of ether oxygens (including phenoxy) is 2. The largest absolute Gasteiger partial charge is 0.454 e. The molecular weight excluding hydrogens is 332 g/mol. The Morgan fingerprint density at radius 1 is 1.12 bits per heavy atom. The highest BCUT2D eigenvalue weighted by molar-refractivity contribution is 5.92. The van der Waals surface area contributed by atoms with Gasteiger partial charge in [0.05, 0.1) is 0 Å². The molecule has 0 aliphatic carbocycles. The molecule has 1 aromatic heterocycles. The lowest BCUT2D eigenvalue weighted by molar-refractivity contribution is 0.0749. The number of carbonyl (C=O) groups excluding carboxylic acids is 1. The first-order chi connectivity index (χ1) is 12.7. The molecule has 0 unspecified atom stereocenters. The van der Waals surface area contributed by atoms with Gasteiger partial charge in [0.1, 0.15) is 17.8 Å². The smallest absolute Gasteiger partial charge is 0.272 e. The average molecular weight is 356 g/mol. The summed E-state index contributed by atoms with van der Waals surface area (Å²) in [4.78, 5) is 22.9. The molecule has 26 heavy (non-hydrogen) atoms. The van der Waals surface area contributed by atoms with E-state index in [0.717, 1.165) is 43.0 Å². The Labute approximate surface area is 153 Å². The van der Waals surface area contributed by atoms with Crippen molar-refractivity contribution >= 4 is 11.7 Å². The molecule has 7 heteroatoms. The van der Waals surface area contributed by atoms with Crippen molar-refractivity contribution in [2.75, 3.05) is 25.2 Å². The van der Waals surface area contributed by atoms with Crippen LogP contribution in [0, 0.1) is 0 Å². The number of fused-ring (bicyclic) bond motifs is 1. The van der Waals surface area contributed by atoms with E-state index in [1.807, 2.05) is 23.1 Å². The van der Waals surface area contributed by atoms with Gasteiger partial charge < -0.3 is 19.7 Å². The Kier molecular flexibility index (Phi) is 5.88. The Morgan fingerprint density at radius 2 is 1.88 bits per heavy atom. The molecular formula is C19H24N4O3. The van der Waals surface area contributed by atoms with Crippen molar-refractivity contribution in [1.82, 2.24) is 14.9 Å². The SMILES string of the molecule is CCCN(CCC)C(=O)c1cc(NCc2ccc3c(c2)OCO3)ncn1. The van der Waals surface area contributed by atoms with Crippen LogP contribution in [0.5, 0.6) is 11.5 Å². The molecule has 0 saturated heterocycles. The zero-order valence-corrected chi connectivity index (χ0v) is 15.2. The van der Waals surface area contributed by atoms with Crippen molar-refractivity contribution in [2.45, 2.75) is 33.2 Å². The summed E-state index contributed by atoms with van der Waals surface area (Å²) in [6, 6.07) is 7.50. The molecule has 1 N–H and O–H groups in total. The van der Waals surface area contributed by atoms with Gasteiger partial charge in [0.2, 0.25) is 6.79 Å². The van der Waals surface area contributed by atoms with Gasteiger partial charge in [-0.2, -0.15) is 0 Å². The number of benzene rings is 1. The molecule has 3 rings (SSSR count). The van der Waals surface area contributed by atoms with Gasteiger partial charge in [0, 0.05) is 25.7 Å². The van der Waals surface area contributed by atoms with Crippen LogP contribution >= 0.6 is 0 Å². The molecule has 2 heterocycles. The molecule has 0 radical (unpaired) electrons. The summed E-state index contributed by atoms with van der Waals surface area (Å²) in [5, 5.41) is 3.23. The summed E-state index contributed by atoms with van der Waals surface area (Å²) >= 11 is 0. The van der Waals surface area contributed by atoms with E-state index in [1.165, 1.54) is 6.33 Å². The number of amides is 1. The lowest BCUT2D eigenvalue weighted by Crippen LogP contribution is -2.33. The summed E-state index contributed by atoms with van der Waals surface area (Å²) in [5.74, 6) is 2.07. The molecule has 1 aliphatic rings. The van der Waals surface area contributed by atoms with Crippen LogP contribution < -0.4 is 14.8 Å². The first-order valence-corrected chi connectivity index (χ1v) is 8.95. The van der Waals surface area contributed by atoms with Gasteiger partial charge in [-0.15, -0.1) is 0 Å². The quantitative estimate of drug-likeness (QED) is 0.783. The topological polar surface area (TPSA) is 76.6 Å². The number of aromatic nitrogens is 2. The summed E-state index contributed by atoms with van der Waals surface area (Å²) in [5.41, 5.74) is 1.45. The summed E-state index contributed by atoms with van der Waals surface area (Å²) in [6.45, 7) is 6.42. The number of hydrogen-bond donors (Lipinski definition) is 1. The second kappa shape index (κ2) is 8.51. The van der Waals surface area contributed by atoms with Crippen LogP contribution in [-0.4, -0.2) is 40.7 Å². The molecule has 2 aromatic rings. The number of carbonyl (C=O) groups is 1. The van der Waals surface area contributed by atoms with Gasteiger partial charge in [0.15, 0.2) is 11.5 Å². The van der Waals surface area contributed by atoms with E-state index >= 15 is 0 Å². The number of rotatable bonds is 8. The van der Waals surface area contributed by atoms with Gasteiger partial charge in [-0.05, 0) is 30.5 Å². The van der Waals surface area contributed by atoms with Crippen LogP contribution in [0.2, 0.25) is 0 Å². The van der Waals surface area contributed by atoms with E-state index < -0.39 is 0 Å². The van der Waals surface area contributed by atoms with Crippen LogP contribution in [0.25, 0.3) is 0 Å². The third-order valence-corrected chi connectivity index (χ3v) is 4.07. The monoisotopic (exact) mass is 356 g/mol. The van der Waals surface area contributed by atoms with Crippen molar-refractivity contribution in [3.05, 3.63) is 41.9 Å². The molecule has 138 valence electrons. The first kappa shape index (κ1) is 18.0. The zero-order chi connectivity index (χ0) is 18.4. The van der Waals surface area contributed by atoms with Crippen molar-refractivity contribution < 1.29 is 14.3 Å². The van der Waals surface area contributed by atoms with E-state index in [-0.39, 0.29) is 12.7 Å². The maximum atomic E-state index is 12.7. The highest BCUT2D eigenvalue weighted by Crippen LogP contribution is 2.32. The van der Waals surface area contributed by atoms with Gasteiger partial charge >= 0.3 is 0 Å². The standard InChI is InChI=1S/C19H24N4O3/c1-3-7-23(8-4-2)19(24)15-10-18(22-12-21-15)20-11-14-5-6-16-17(9-14)26-13-25-16/h5-6,9-10,12H,3-4,7-8,11,13H2,1-2H3,(H,20,21,22). The summed E-state index contributed by atoms with van der Waals surface area (Å²) in [7, 11) is 0. The molecule has 0 atom stereocenters. The maximum Gasteiger partial charge on any atom is 0.272 e. The van der Waals surface area contributed by atoms with Crippen molar-refractivity contribution in [2.24, 2.45) is 0 Å². The highest BCUT2D eigenvalue weighted by Gasteiger charge is 2.17. The molecule has 0 bridgehead atoms. The molecule has 1 amide bonds. The van der Waals surface area contributed by atoms with Crippen LogP contribution in [0.1, 0.15) is 42.7 Å². The minimum Gasteiger partial charge on any atom is -0.454 e. The van der Waals surface area contributed by atoms with Gasteiger partial charge in [-0.1, -0.05) is 19.9 Å². The van der Waals surface area contributed by atoms with E-state index in [1.54, 1.807) is 6.07 Å². The fourth-order valence-electron chi connectivity index (χ4n) is 2.83. The fourth-order valence-corrected chi connectivity index (χ4v) is 2.83. The average Bonchev–Trinajstić information content (AvgIpc) is 3.13. The van der Waals surface area contributed by atoms with Gasteiger partial charge in [-0.3, -0.25) is 4.79 Å². The fraction of sp³-hybridized carbons (Fsp3) is 0.421. The maximum absolute atomic E-state index is 12.7. The van der Waals surface area contributed by atoms with E-state index in [9.17, 15) is 4.79 Å². The molecule has 1 aliphatic heterocycles. The second-order valence-electron chi connectivity index (χ2n) is 6.12. The van der Waals surface area contributed by atoms with E-state index in [2.05, 4.69) is 29.1 Å². The van der Waals surface area contributed by atoms with Crippen LogP contribution in [0.15, 0.2) is 30.6 Å². The molecule has 0 spiro atoms. The lowest BCUT2D eigenvalue weighted by atomic mass is 10.2. The second-order valence-corrected chi connectivity index (χ2v) is 6.12. The minimum atomic E-state index is -0.0535. The number of nitrogens with one attached hydrogen (secondary N) is 1. The van der Waals surface area contributed by atoms with Crippen molar-refractivity contribution in [3.63, 3.8) is 0 Å². The lowest BCUT2D eigenvalue weighted by Gasteiger charge is -2.21. The predicted molar refractivity (Wildman–Crippen MR) is 98.4 cm³/mol. The van der Waals surface area contributed by atoms with Gasteiger partial charge in [0.25, 0.3) is 5.91 Å². The summed E-state index contributed by atoms with van der Waals surface area (Å²) in [6.07, 6.45) is 3.27. The number of anilines is 1.